The second-order valence-electron chi connectivity index (χ2n) is 7.32. The van der Waals surface area contributed by atoms with Crippen LogP contribution in [0, 0.1) is 18.8 Å². The number of phenolic OH excluding ortho intramolecular Hbond substituents is 1. The number of carbonyl (C=O) groups excluding carboxylic acids is 1. The van der Waals surface area contributed by atoms with E-state index in [1.165, 1.54) is 11.1 Å². The van der Waals surface area contributed by atoms with Crippen molar-refractivity contribution in [3.05, 3.63) is 64.2 Å². The van der Waals surface area contributed by atoms with Crippen LogP contribution < -0.4 is 5.32 Å². The van der Waals surface area contributed by atoms with E-state index in [0.717, 1.165) is 30.0 Å². The number of hydrogen-bond donors (Lipinski definition) is 2. The Morgan fingerprint density at radius 2 is 1.80 bits per heavy atom. The fraction of sp³-hybridized carbons (Fsp3) is 0.381. The number of carbonyl (C=O) groups is 1. The summed E-state index contributed by atoms with van der Waals surface area (Å²) in [6.45, 7) is 2.79. The van der Waals surface area contributed by atoms with Crippen molar-refractivity contribution in [2.45, 2.75) is 31.6 Å². The molecule has 1 aliphatic heterocycles. The molecule has 3 nitrogen and oxygen atoms in total. The van der Waals surface area contributed by atoms with Crippen LogP contribution in [-0.2, 0) is 4.79 Å². The zero-order chi connectivity index (χ0) is 17.6. The first-order chi connectivity index (χ1) is 12.0. The fourth-order valence-electron chi connectivity index (χ4n) is 4.84. The van der Waals surface area contributed by atoms with Gasteiger partial charge in [0.15, 0.2) is 0 Å². The van der Waals surface area contributed by atoms with Crippen LogP contribution in [0.1, 0.15) is 41.4 Å². The van der Waals surface area contributed by atoms with Crippen LogP contribution in [0.4, 0.5) is 0 Å². The van der Waals surface area contributed by atoms with Crippen molar-refractivity contribution in [2.24, 2.45) is 11.8 Å². The maximum Gasteiger partial charge on any atom is 0.223 e. The van der Waals surface area contributed by atoms with Gasteiger partial charge in [0.05, 0.1) is 0 Å². The van der Waals surface area contributed by atoms with Gasteiger partial charge in [0.2, 0.25) is 5.91 Å². The van der Waals surface area contributed by atoms with Crippen LogP contribution in [0.15, 0.2) is 42.5 Å². The van der Waals surface area contributed by atoms with Crippen molar-refractivity contribution in [1.82, 2.24) is 5.32 Å². The Hall–Kier alpha value is -2.00. The highest BCUT2D eigenvalue weighted by atomic mass is 35.5. The number of amides is 1. The predicted molar refractivity (Wildman–Crippen MR) is 99.0 cm³/mol. The lowest BCUT2D eigenvalue weighted by Gasteiger charge is -2.40. The lowest BCUT2D eigenvalue weighted by Crippen LogP contribution is -2.32. The fourth-order valence-corrected chi connectivity index (χ4v) is 4.96. The molecule has 2 aliphatic rings. The normalized spacial score (nSPS) is 28.5. The Kier molecular flexibility index (Phi) is 4.20. The molecule has 2 aromatic carbocycles. The summed E-state index contributed by atoms with van der Waals surface area (Å²) >= 11 is 6.09. The molecule has 1 heterocycles. The summed E-state index contributed by atoms with van der Waals surface area (Å²) in [5, 5.41) is 13.6. The maximum absolute atomic E-state index is 12.2. The number of nitrogens with one attached hydrogen (secondary N) is 1. The lowest BCUT2D eigenvalue weighted by atomic mass is 9.63. The highest BCUT2D eigenvalue weighted by Crippen LogP contribution is 2.51. The molecule has 2 fully saturated rings. The van der Waals surface area contributed by atoms with Gasteiger partial charge in [-0.2, -0.15) is 0 Å². The van der Waals surface area contributed by atoms with E-state index in [1.807, 2.05) is 24.3 Å². The zero-order valence-corrected chi connectivity index (χ0v) is 15.0. The summed E-state index contributed by atoms with van der Waals surface area (Å²) in [6.07, 6.45) is 1.90. The molecule has 4 heteroatoms. The number of fused-ring (bicyclic) bond motifs is 1. The van der Waals surface area contributed by atoms with Crippen molar-refractivity contribution in [2.75, 3.05) is 6.54 Å². The van der Waals surface area contributed by atoms with Crippen molar-refractivity contribution in [3.8, 4) is 5.75 Å². The summed E-state index contributed by atoms with van der Waals surface area (Å²) in [4.78, 5) is 12.2. The Morgan fingerprint density at radius 3 is 2.52 bits per heavy atom. The van der Waals surface area contributed by atoms with Gasteiger partial charge in [-0.05, 0) is 78.5 Å². The average molecular weight is 356 g/mol. The standard InChI is InChI=1S/C21H22ClNO2/c1-12-10-15(24)6-7-16(12)17-8-9-18-19(11-23-21(18)25)20(17)13-2-4-14(22)5-3-13/h2-7,10,17-20,24H,8-9,11H2,1H3,(H,23,25)/t17-,18+,19+,20-/m0/s1. The van der Waals surface area contributed by atoms with Crippen LogP contribution >= 0.6 is 11.6 Å². The van der Waals surface area contributed by atoms with Gasteiger partial charge in [0.1, 0.15) is 5.75 Å². The Bertz CT molecular complexity index is 802. The van der Waals surface area contributed by atoms with Crippen molar-refractivity contribution in [1.29, 1.82) is 0 Å². The van der Waals surface area contributed by atoms with Gasteiger partial charge in [0, 0.05) is 17.5 Å². The minimum atomic E-state index is 0.106. The summed E-state index contributed by atoms with van der Waals surface area (Å²) in [7, 11) is 0. The topological polar surface area (TPSA) is 49.3 Å². The van der Waals surface area contributed by atoms with E-state index in [1.54, 1.807) is 6.07 Å². The molecule has 1 amide bonds. The van der Waals surface area contributed by atoms with Crippen molar-refractivity contribution >= 4 is 17.5 Å². The van der Waals surface area contributed by atoms with Crippen molar-refractivity contribution < 1.29 is 9.90 Å². The number of phenols is 1. The zero-order valence-electron chi connectivity index (χ0n) is 14.2. The van der Waals surface area contributed by atoms with E-state index in [9.17, 15) is 9.90 Å². The largest absolute Gasteiger partial charge is 0.508 e. The number of aromatic hydroxyl groups is 1. The number of aryl methyl sites for hydroxylation is 1. The quantitative estimate of drug-likeness (QED) is 0.840. The summed E-state index contributed by atoms with van der Waals surface area (Å²) < 4.78 is 0. The molecule has 0 radical (unpaired) electrons. The molecule has 4 rings (SSSR count). The van der Waals surface area contributed by atoms with Gasteiger partial charge in [0.25, 0.3) is 0 Å². The first-order valence-electron chi connectivity index (χ1n) is 8.87. The third-order valence-electron chi connectivity index (χ3n) is 5.96. The summed E-state index contributed by atoms with van der Waals surface area (Å²) in [5.41, 5.74) is 3.63. The Labute approximate surface area is 153 Å². The van der Waals surface area contributed by atoms with Gasteiger partial charge < -0.3 is 10.4 Å². The molecule has 2 N–H and O–H groups in total. The highest BCUT2D eigenvalue weighted by Gasteiger charge is 2.47. The molecule has 130 valence electrons. The number of benzene rings is 2. The molecular formula is C21H22ClNO2. The van der Waals surface area contributed by atoms with E-state index in [0.29, 0.717) is 17.6 Å². The number of halogens is 1. The minimum absolute atomic E-state index is 0.106. The average Bonchev–Trinajstić information content (AvgIpc) is 2.97. The van der Waals surface area contributed by atoms with Gasteiger partial charge in [-0.25, -0.2) is 0 Å². The summed E-state index contributed by atoms with van der Waals surface area (Å²) in [5.74, 6) is 1.53. The Morgan fingerprint density at radius 1 is 1.08 bits per heavy atom. The molecular weight excluding hydrogens is 334 g/mol. The van der Waals surface area contributed by atoms with Crippen molar-refractivity contribution in [3.63, 3.8) is 0 Å². The lowest BCUT2D eigenvalue weighted by molar-refractivity contribution is -0.123. The summed E-state index contributed by atoms with van der Waals surface area (Å²) in [6, 6.07) is 13.7. The van der Waals surface area contributed by atoms with E-state index >= 15 is 0 Å². The first kappa shape index (κ1) is 16.5. The molecule has 0 unspecified atom stereocenters. The van der Waals surface area contributed by atoms with Gasteiger partial charge in [-0.3, -0.25) is 4.79 Å². The SMILES string of the molecule is Cc1cc(O)ccc1[C@@H]1CC[C@H]2C(=O)NC[C@H]2[C@H]1c1ccc(Cl)cc1. The highest BCUT2D eigenvalue weighted by molar-refractivity contribution is 6.30. The van der Waals surface area contributed by atoms with Crippen LogP contribution in [0.25, 0.3) is 0 Å². The smallest absolute Gasteiger partial charge is 0.223 e. The van der Waals surface area contributed by atoms with Crippen LogP contribution in [-0.4, -0.2) is 17.6 Å². The predicted octanol–water partition coefficient (Wildman–Crippen LogP) is 4.38. The number of hydrogen-bond acceptors (Lipinski definition) is 2. The molecule has 0 aromatic heterocycles. The van der Waals surface area contributed by atoms with Crippen LogP contribution in [0.2, 0.25) is 5.02 Å². The molecule has 0 spiro atoms. The molecule has 25 heavy (non-hydrogen) atoms. The second kappa shape index (κ2) is 6.38. The maximum atomic E-state index is 12.2. The van der Waals surface area contributed by atoms with E-state index in [-0.39, 0.29) is 17.7 Å². The molecule has 2 aromatic rings. The van der Waals surface area contributed by atoms with Gasteiger partial charge >= 0.3 is 0 Å². The second-order valence-corrected chi connectivity index (χ2v) is 7.75. The molecule has 1 aliphatic carbocycles. The Balaban J connectivity index is 1.78. The van der Waals surface area contributed by atoms with E-state index in [4.69, 9.17) is 11.6 Å². The molecule has 4 atom stereocenters. The van der Waals surface area contributed by atoms with Crippen LogP contribution in [0.5, 0.6) is 5.75 Å². The molecule has 1 saturated carbocycles. The van der Waals surface area contributed by atoms with Gasteiger partial charge in [-0.1, -0.05) is 29.8 Å². The third kappa shape index (κ3) is 2.91. The monoisotopic (exact) mass is 355 g/mol. The van der Waals surface area contributed by atoms with Gasteiger partial charge in [-0.15, -0.1) is 0 Å². The van der Waals surface area contributed by atoms with E-state index in [2.05, 4.69) is 24.4 Å². The first-order valence-corrected chi connectivity index (χ1v) is 9.25. The van der Waals surface area contributed by atoms with E-state index < -0.39 is 0 Å². The third-order valence-corrected chi connectivity index (χ3v) is 6.21. The molecule has 0 bridgehead atoms. The van der Waals surface area contributed by atoms with Crippen LogP contribution in [0.3, 0.4) is 0 Å². The molecule has 1 saturated heterocycles. The number of rotatable bonds is 2. The minimum Gasteiger partial charge on any atom is -0.508 e.